The standard InChI is InChI=1S/C29H28FN5O4S/c30-22-6-8-23(9-7-22)31-29-34(15-14-21-4-2-1-3-5-21)27(36)20-26(40-29)28(37)33-18-16-32(17-19-33)24-10-12-25(13-11-24)35(38)39/h1-13,26H,14-20H2/t26-/m0/s1. The summed E-state index contributed by atoms with van der Waals surface area (Å²) in [6.45, 7) is 2.53. The van der Waals surface area contributed by atoms with E-state index in [4.69, 9.17) is 0 Å². The molecule has 2 amide bonds. The van der Waals surface area contributed by atoms with Crippen molar-refractivity contribution in [2.24, 2.45) is 4.99 Å². The predicted octanol–water partition coefficient (Wildman–Crippen LogP) is 4.65. The smallest absolute Gasteiger partial charge is 0.269 e. The van der Waals surface area contributed by atoms with Gasteiger partial charge in [0.15, 0.2) is 5.17 Å². The Hall–Kier alpha value is -4.25. The van der Waals surface area contributed by atoms with Crippen LogP contribution in [-0.4, -0.2) is 69.7 Å². The molecule has 0 radical (unpaired) electrons. The second-order valence-corrected chi connectivity index (χ2v) is 10.7. The fourth-order valence-electron chi connectivity index (χ4n) is 4.74. The van der Waals surface area contributed by atoms with E-state index in [9.17, 15) is 24.1 Å². The molecule has 0 saturated carbocycles. The number of thioether (sulfide) groups is 1. The third-order valence-corrected chi connectivity index (χ3v) is 8.13. The Bertz CT molecular complexity index is 1390. The van der Waals surface area contributed by atoms with Crippen LogP contribution in [0.25, 0.3) is 0 Å². The molecule has 0 unspecified atom stereocenters. The maximum atomic E-state index is 13.5. The van der Waals surface area contributed by atoms with Crippen molar-refractivity contribution < 1.29 is 18.9 Å². The van der Waals surface area contributed by atoms with Gasteiger partial charge in [0.1, 0.15) is 11.1 Å². The molecule has 40 heavy (non-hydrogen) atoms. The highest BCUT2D eigenvalue weighted by Gasteiger charge is 2.38. The Morgan fingerprint density at radius 1 is 0.975 bits per heavy atom. The molecular formula is C29H28FN5O4S. The largest absolute Gasteiger partial charge is 0.368 e. The zero-order valence-corrected chi connectivity index (χ0v) is 22.5. The highest BCUT2D eigenvalue weighted by Crippen LogP contribution is 2.31. The van der Waals surface area contributed by atoms with Gasteiger partial charge in [0.25, 0.3) is 5.69 Å². The molecule has 2 aliphatic rings. The molecule has 3 aromatic rings. The third kappa shape index (κ3) is 6.48. The van der Waals surface area contributed by atoms with E-state index in [2.05, 4.69) is 9.89 Å². The van der Waals surface area contributed by atoms with E-state index < -0.39 is 10.2 Å². The Kier molecular flexibility index (Phi) is 8.40. The molecule has 11 heteroatoms. The van der Waals surface area contributed by atoms with Gasteiger partial charge in [0.2, 0.25) is 11.8 Å². The van der Waals surface area contributed by atoms with Crippen molar-refractivity contribution in [2.45, 2.75) is 18.1 Å². The monoisotopic (exact) mass is 561 g/mol. The van der Waals surface area contributed by atoms with Crippen molar-refractivity contribution in [1.29, 1.82) is 0 Å². The van der Waals surface area contributed by atoms with E-state index in [0.29, 0.717) is 50.0 Å². The van der Waals surface area contributed by atoms with Crippen LogP contribution in [0.2, 0.25) is 0 Å². The van der Waals surface area contributed by atoms with Crippen molar-refractivity contribution in [1.82, 2.24) is 9.80 Å². The molecule has 0 aromatic heterocycles. The Morgan fingerprint density at radius 2 is 1.65 bits per heavy atom. The van der Waals surface area contributed by atoms with Crippen LogP contribution in [0.1, 0.15) is 12.0 Å². The summed E-state index contributed by atoms with van der Waals surface area (Å²) in [4.78, 5) is 47.5. The second kappa shape index (κ2) is 12.3. The van der Waals surface area contributed by atoms with Gasteiger partial charge in [-0.1, -0.05) is 42.1 Å². The average Bonchev–Trinajstić information content (AvgIpc) is 2.98. The summed E-state index contributed by atoms with van der Waals surface area (Å²) in [6, 6.07) is 21.9. The number of anilines is 1. The highest BCUT2D eigenvalue weighted by atomic mass is 32.2. The molecule has 3 aromatic carbocycles. The third-order valence-electron chi connectivity index (χ3n) is 6.95. The van der Waals surface area contributed by atoms with Gasteiger partial charge in [-0.25, -0.2) is 9.38 Å². The Balaban J connectivity index is 1.27. The number of halogens is 1. The summed E-state index contributed by atoms with van der Waals surface area (Å²) in [5.41, 5.74) is 2.49. The lowest BCUT2D eigenvalue weighted by atomic mass is 10.1. The van der Waals surface area contributed by atoms with Crippen LogP contribution in [0.3, 0.4) is 0 Å². The quantitative estimate of drug-likeness (QED) is 0.308. The molecule has 0 N–H and O–H groups in total. The number of hydrogen-bond donors (Lipinski definition) is 0. The molecule has 9 nitrogen and oxygen atoms in total. The minimum Gasteiger partial charge on any atom is -0.368 e. The number of nitro groups is 1. The van der Waals surface area contributed by atoms with Crippen LogP contribution in [0.5, 0.6) is 0 Å². The van der Waals surface area contributed by atoms with Crippen molar-refractivity contribution in [3.05, 3.63) is 100 Å². The summed E-state index contributed by atoms with van der Waals surface area (Å²) in [5, 5.41) is 10.8. The van der Waals surface area contributed by atoms with Crippen LogP contribution in [-0.2, 0) is 16.0 Å². The van der Waals surface area contributed by atoms with Crippen molar-refractivity contribution in [3.8, 4) is 0 Å². The predicted molar refractivity (Wildman–Crippen MR) is 153 cm³/mol. The topological polar surface area (TPSA) is 99.4 Å². The lowest BCUT2D eigenvalue weighted by Crippen LogP contribution is -2.53. The number of rotatable bonds is 7. The van der Waals surface area contributed by atoms with Crippen LogP contribution >= 0.6 is 11.8 Å². The van der Waals surface area contributed by atoms with Gasteiger partial charge in [-0.2, -0.15) is 0 Å². The summed E-state index contributed by atoms with van der Waals surface area (Å²) in [7, 11) is 0. The number of nitro benzene ring substituents is 1. The first-order valence-corrected chi connectivity index (χ1v) is 13.9. The lowest BCUT2D eigenvalue weighted by molar-refractivity contribution is -0.384. The number of benzene rings is 3. The maximum Gasteiger partial charge on any atom is 0.269 e. The molecule has 206 valence electrons. The first-order valence-electron chi connectivity index (χ1n) is 13.0. The van der Waals surface area contributed by atoms with E-state index in [1.165, 1.54) is 36.0 Å². The van der Waals surface area contributed by atoms with E-state index in [0.717, 1.165) is 11.3 Å². The van der Waals surface area contributed by atoms with E-state index in [-0.39, 0.29) is 29.7 Å². The van der Waals surface area contributed by atoms with Gasteiger partial charge >= 0.3 is 0 Å². The molecule has 0 aliphatic carbocycles. The Labute approximate surface area is 235 Å². The molecule has 2 aliphatic heterocycles. The molecule has 5 rings (SSSR count). The second-order valence-electron chi connectivity index (χ2n) is 9.55. The zero-order chi connectivity index (χ0) is 28.1. The number of amidine groups is 1. The van der Waals surface area contributed by atoms with Gasteiger partial charge in [0, 0.05) is 57.0 Å². The van der Waals surface area contributed by atoms with Crippen molar-refractivity contribution in [2.75, 3.05) is 37.6 Å². The van der Waals surface area contributed by atoms with Gasteiger partial charge in [-0.3, -0.25) is 24.6 Å². The minimum absolute atomic E-state index is 0.0347. The average molecular weight is 562 g/mol. The fraction of sp³-hybridized carbons (Fsp3) is 0.276. The maximum absolute atomic E-state index is 13.5. The number of carbonyl (C=O) groups is 2. The normalized spacial score (nSPS) is 18.7. The SMILES string of the molecule is O=C([C@@H]1CC(=O)N(CCc2ccccc2)C(=Nc2ccc(F)cc2)S1)N1CCN(c2ccc([N+](=O)[O-])cc2)CC1. The number of carbonyl (C=O) groups excluding carboxylic acids is 2. The van der Waals surface area contributed by atoms with E-state index in [1.807, 2.05) is 30.3 Å². The van der Waals surface area contributed by atoms with Gasteiger partial charge in [-0.05, 0) is 48.4 Å². The van der Waals surface area contributed by atoms with Crippen LogP contribution in [0.15, 0.2) is 83.9 Å². The number of aliphatic imine (C=N–C) groups is 1. The summed E-state index contributed by atoms with van der Waals surface area (Å²) >= 11 is 1.27. The molecular weight excluding hydrogens is 533 g/mol. The summed E-state index contributed by atoms with van der Waals surface area (Å²) in [5.74, 6) is -0.659. The van der Waals surface area contributed by atoms with E-state index >= 15 is 0 Å². The minimum atomic E-state index is -0.606. The number of nitrogens with zero attached hydrogens (tertiary/aromatic N) is 5. The molecule has 0 bridgehead atoms. The summed E-state index contributed by atoms with van der Waals surface area (Å²) < 4.78 is 13.5. The highest BCUT2D eigenvalue weighted by molar-refractivity contribution is 8.15. The lowest BCUT2D eigenvalue weighted by Gasteiger charge is -2.39. The van der Waals surface area contributed by atoms with Crippen LogP contribution in [0.4, 0.5) is 21.5 Å². The van der Waals surface area contributed by atoms with Gasteiger partial charge in [0.05, 0.1) is 10.6 Å². The number of amides is 2. The zero-order valence-electron chi connectivity index (χ0n) is 21.7. The first kappa shape index (κ1) is 27.3. The molecule has 2 heterocycles. The van der Waals surface area contributed by atoms with Crippen LogP contribution in [0, 0.1) is 15.9 Å². The molecule has 2 fully saturated rings. The number of piperazine rings is 1. The number of hydrogen-bond acceptors (Lipinski definition) is 7. The molecule has 0 spiro atoms. The van der Waals surface area contributed by atoms with Crippen molar-refractivity contribution >= 4 is 45.8 Å². The van der Waals surface area contributed by atoms with Gasteiger partial charge in [-0.15, -0.1) is 0 Å². The molecule has 2 saturated heterocycles. The van der Waals surface area contributed by atoms with Gasteiger partial charge < -0.3 is 9.80 Å². The number of non-ortho nitro benzene ring substituents is 1. The van der Waals surface area contributed by atoms with E-state index in [1.54, 1.807) is 34.1 Å². The first-order chi connectivity index (χ1) is 19.4. The Morgan fingerprint density at radius 3 is 2.30 bits per heavy atom. The summed E-state index contributed by atoms with van der Waals surface area (Å²) in [6.07, 6.45) is 0.710. The fourth-order valence-corrected chi connectivity index (χ4v) is 5.95. The van der Waals surface area contributed by atoms with Crippen molar-refractivity contribution in [3.63, 3.8) is 0 Å². The molecule has 1 atom stereocenters. The van der Waals surface area contributed by atoms with Crippen LogP contribution < -0.4 is 4.90 Å².